The summed E-state index contributed by atoms with van der Waals surface area (Å²) in [5, 5.41) is 3.50. The van der Waals surface area contributed by atoms with Gasteiger partial charge in [0.05, 0.1) is 0 Å². The van der Waals surface area contributed by atoms with E-state index >= 15 is 0 Å². The van der Waals surface area contributed by atoms with Gasteiger partial charge in [-0.2, -0.15) is 0 Å². The number of hydrogen-bond donors (Lipinski definition) is 2. The van der Waals surface area contributed by atoms with Gasteiger partial charge in [-0.15, -0.1) is 0 Å². The molecule has 16 heavy (non-hydrogen) atoms. The molecule has 0 aliphatic carbocycles. The first-order valence-electron chi connectivity index (χ1n) is 6.15. The monoisotopic (exact) mass is 221 g/mol. The van der Waals surface area contributed by atoms with Crippen molar-refractivity contribution in [3.63, 3.8) is 0 Å². The minimum atomic E-state index is 0.346. The third kappa shape index (κ3) is 3.20. The van der Waals surface area contributed by atoms with Crippen molar-refractivity contribution in [2.24, 2.45) is 0 Å². The fraction of sp³-hybridized carbons (Fsp3) is 0.615. The van der Waals surface area contributed by atoms with E-state index in [1.165, 1.54) is 24.0 Å². The summed E-state index contributed by atoms with van der Waals surface area (Å²) in [6.45, 7) is 7.40. The molecule has 1 aromatic heterocycles. The Labute approximate surface area is 98.5 Å². The van der Waals surface area contributed by atoms with Gasteiger partial charge in [0.25, 0.3) is 0 Å². The number of unbranched alkanes of at least 4 members (excludes halogenated alkanes) is 1. The second-order valence-electron chi connectivity index (χ2n) is 4.18. The first kappa shape index (κ1) is 13.0. The molecule has 1 heterocycles. The van der Waals surface area contributed by atoms with Gasteiger partial charge in [0.15, 0.2) is 0 Å². The van der Waals surface area contributed by atoms with Crippen LogP contribution < -0.4 is 11.1 Å². The maximum Gasteiger partial charge on any atom is 0.128 e. The summed E-state index contributed by atoms with van der Waals surface area (Å²) in [4.78, 5) is 4.19. The molecule has 0 amide bonds. The summed E-state index contributed by atoms with van der Waals surface area (Å²) in [5.74, 6) is 0.669. The SMILES string of the molecule is CCCCC(NCC)c1c(C)ccnc1N. The molecule has 0 bridgehead atoms. The molecule has 1 aromatic rings. The summed E-state index contributed by atoms with van der Waals surface area (Å²) >= 11 is 0. The number of nitrogens with one attached hydrogen (secondary N) is 1. The Hall–Kier alpha value is -1.09. The van der Waals surface area contributed by atoms with Crippen LogP contribution in [0.25, 0.3) is 0 Å². The molecular formula is C13H23N3. The van der Waals surface area contributed by atoms with Gasteiger partial charge in [-0.1, -0.05) is 26.7 Å². The third-order valence-corrected chi connectivity index (χ3v) is 2.88. The van der Waals surface area contributed by atoms with Gasteiger partial charge in [-0.25, -0.2) is 4.98 Å². The van der Waals surface area contributed by atoms with Crippen molar-refractivity contribution in [1.29, 1.82) is 0 Å². The fourth-order valence-electron chi connectivity index (χ4n) is 2.05. The van der Waals surface area contributed by atoms with Crippen molar-refractivity contribution in [1.82, 2.24) is 10.3 Å². The largest absolute Gasteiger partial charge is 0.383 e. The van der Waals surface area contributed by atoms with Crippen LogP contribution >= 0.6 is 0 Å². The van der Waals surface area contributed by atoms with E-state index in [0.29, 0.717) is 11.9 Å². The van der Waals surface area contributed by atoms with Crippen molar-refractivity contribution < 1.29 is 0 Å². The van der Waals surface area contributed by atoms with Crippen molar-refractivity contribution in [3.8, 4) is 0 Å². The molecule has 1 unspecified atom stereocenters. The molecule has 0 spiro atoms. The van der Waals surface area contributed by atoms with Crippen LogP contribution in [-0.4, -0.2) is 11.5 Å². The van der Waals surface area contributed by atoms with Gasteiger partial charge in [0, 0.05) is 17.8 Å². The van der Waals surface area contributed by atoms with Crippen molar-refractivity contribution >= 4 is 5.82 Å². The van der Waals surface area contributed by atoms with E-state index in [0.717, 1.165) is 13.0 Å². The number of anilines is 1. The smallest absolute Gasteiger partial charge is 0.128 e. The molecule has 0 aliphatic heterocycles. The number of nitrogen functional groups attached to an aromatic ring is 1. The zero-order valence-electron chi connectivity index (χ0n) is 10.6. The predicted octanol–water partition coefficient (Wildman–Crippen LogP) is 2.81. The second-order valence-corrected chi connectivity index (χ2v) is 4.18. The lowest BCUT2D eigenvalue weighted by molar-refractivity contribution is 0.493. The number of nitrogens with zero attached hydrogens (tertiary/aromatic N) is 1. The molecule has 1 rings (SSSR count). The summed E-state index contributed by atoms with van der Waals surface area (Å²) < 4.78 is 0. The number of nitrogens with two attached hydrogens (primary N) is 1. The Morgan fingerprint density at radius 3 is 2.75 bits per heavy atom. The third-order valence-electron chi connectivity index (χ3n) is 2.88. The average Bonchev–Trinajstić information content (AvgIpc) is 2.25. The number of aryl methyl sites for hydroxylation is 1. The Morgan fingerprint density at radius 2 is 2.19 bits per heavy atom. The van der Waals surface area contributed by atoms with Crippen LogP contribution in [0.1, 0.15) is 50.3 Å². The summed E-state index contributed by atoms with van der Waals surface area (Å²) in [5.41, 5.74) is 8.38. The van der Waals surface area contributed by atoms with Gasteiger partial charge in [0.1, 0.15) is 5.82 Å². The Bertz CT molecular complexity index is 303. The number of aromatic nitrogens is 1. The lowest BCUT2D eigenvalue weighted by atomic mass is 9.97. The van der Waals surface area contributed by atoms with E-state index in [9.17, 15) is 0 Å². The van der Waals surface area contributed by atoms with Crippen LogP contribution in [0.4, 0.5) is 5.82 Å². The maximum absolute atomic E-state index is 5.97. The van der Waals surface area contributed by atoms with Crippen molar-refractivity contribution in [3.05, 3.63) is 23.4 Å². The number of pyridine rings is 1. The highest BCUT2D eigenvalue weighted by molar-refractivity contribution is 5.46. The maximum atomic E-state index is 5.97. The van der Waals surface area contributed by atoms with E-state index in [1.807, 2.05) is 6.07 Å². The zero-order chi connectivity index (χ0) is 12.0. The van der Waals surface area contributed by atoms with E-state index < -0.39 is 0 Å². The topological polar surface area (TPSA) is 50.9 Å². The summed E-state index contributed by atoms with van der Waals surface area (Å²) in [6.07, 6.45) is 5.32. The zero-order valence-corrected chi connectivity index (χ0v) is 10.6. The molecule has 0 radical (unpaired) electrons. The Kier molecular flexibility index (Phi) is 5.26. The van der Waals surface area contributed by atoms with Crippen molar-refractivity contribution in [2.45, 2.75) is 46.1 Å². The van der Waals surface area contributed by atoms with Gasteiger partial charge < -0.3 is 11.1 Å². The molecule has 1 atom stereocenters. The number of hydrogen-bond acceptors (Lipinski definition) is 3. The summed E-state index contributed by atoms with van der Waals surface area (Å²) in [6, 6.07) is 2.38. The Balaban J connectivity index is 2.90. The van der Waals surface area contributed by atoms with Crippen LogP contribution in [0.3, 0.4) is 0 Å². The molecule has 90 valence electrons. The lowest BCUT2D eigenvalue weighted by Crippen LogP contribution is -2.23. The van der Waals surface area contributed by atoms with Crippen LogP contribution in [-0.2, 0) is 0 Å². The van der Waals surface area contributed by atoms with Crippen LogP contribution in [0.5, 0.6) is 0 Å². The van der Waals surface area contributed by atoms with Crippen LogP contribution in [0.15, 0.2) is 12.3 Å². The number of rotatable bonds is 6. The lowest BCUT2D eigenvalue weighted by Gasteiger charge is -2.21. The quantitative estimate of drug-likeness (QED) is 0.776. The molecule has 3 N–H and O–H groups in total. The van der Waals surface area contributed by atoms with Gasteiger partial charge in [-0.05, 0) is 31.5 Å². The van der Waals surface area contributed by atoms with Gasteiger partial charge >= 0.3 is 0 Å². The highest BCUT2D eigenvalue weighted by Gasteiger charge is 2.15. The van der Waals surface area contributed by atoms with Crippen molar-refractivity contribution in [2.75, 3.05) is 12.3 Å². The highest BCUT2D eigenvalue weighted by Crippen LogP contribution is 2.26. The first-order chi connectivity index (χ1) is 7.70. The predicted molar refractivity (Wildman–Crippen MR) is 69.3 cm³/mol. The fourth-order valence-corrected chi connectivity index (χ4v) is 2.05. The van der Waals surface area contributed by atoms with E-state index in [-0.39, 0.29) is 0 Å². The minimum Gasteiger partial charge on any atom is -0.383 e. The normalized spacial score (nSPS) is 12.7. The molecule has 0 saturated heterocycles. The highest BCUT2D eigenvalue weighted by atomic mass is 14.9. The second kappa shape index (κ2) is 6.48. The minimum absolute atomic E-state index is 0.346. The molecule has 0 aromatic carbocycles. The summed E-state index contributed by atoms with van der Waals surface area (Å²) in [7, 11) is 0. The molecular weight excluding hydrogens is 198 g/mol. The van der Waals surface area contributed by atoms with Crippen LogP contribution in [0.2, 0.25) is 0 Å². The van der Waals surface area contributed by atoms with E-state index in [1.54, 1.807) is 6.20 Å². The Morgan fingerprint density at radius 1 is 1.44 bits per heavy atom. The molecule has 0 aliphatic rings. The van der Waals surface area contributed by atoms with Crippen LogP contribution in [0, 0.1) is 6.92 Å². The van der Waals surface area contributed by atoms with Gasteiger partial charge in [-0.3, -0.25) is 0 Å². The van der Waals surface area contributed by atoms with Gasteiger partial charge in [0.2, 0.25) is 0 Å². The molecule has 0 fully saturated rings. The molecule has 0 saturated carbocycles. The molecule has 3 heteroatoms. The molecule has 3 nitrogen and oxygen atoms in total. The van der Waals surface area contributed by atoms with E-state index in [2.05, 4.69) is 31.1 Å². The first-order valence-corrected chi connectivity index (χ1v) is 6.15. The van der Waals surface area contributed by atoms with E-state index in [4.69, 9.17) is 5.73 Å². The standard InChI is InChI=1S/C13H23N3/c1-4-6-7-11(15-5-2)12-10(3)8-9-16-13(12)14/h8-9,11,15H,4-7H2,1-3H3,(H2,14,16). The average molecular weight is 221 g/mol.